The molecule has 0 bridgehead atoms. The van der Waals surface area contributed by atoms with E-state index >= 15 is 0 Å². The van der Waals surface area contributed by atoms with Gasteiger partial charge in [-0.05, 0) is 18.9 Å². The van der Waals surface area contributed by atoms with Crippen LogP contribution in [0.2, 0.25) is 15.3 Å². The third-order valence-corrected chi connectivity index (χ3v) is 4.08. The summed E-state index contributed by atoms with van der Waals surface area (Å²) < 4.78 is 5.55. The molecule has 1 fully saturated rings. The van der Waals surface area contributed by atoms with E-state index in [1.807, 2.05) is 18.2 Å². The van der Waals surface area contributed by atoms with E-state index in [0.29, 0.717) is 26.7 Å². The molecule has 20 heavy (non-hydrogen) atoms. The van der Waals surface area contributed by atoms with Crippen LogP contribution in [0.3, 0.4) is 0 Å². The van der Waals surface area contributed by atoms with E-state index in [4.69, 9.17) is 39.5 Å². The van der Waals surface area contributed by atoms with Gasteiger partial charge in [-0.2, -0.15) is 0 Å². The van der Waals surface area contributed by atoms with E-state index < -0.39 is 0 Å². The molecule has 0 amide bonds. The van der Waals surface area contributed by atoms with Crippen molar-refractivity contribution in [2.75, 3.05) is 6.61 Å². The number of nitrogens with zero attached hydrogens (tertiary/aromatic N) is 2. The minimum atomic E-state index is -0.120. The number of hydrogen-bond acceptors (Lipinski definition) is 3. The smallest absolute Gasteiger partial charge is 0.160 e. The first-order chi connectivity index (χ1) is 9.66. The molecule has 6 heteroatoms. The van der Waals surface area contributed by atoms with Gasteiger partial charge in [0.15, 0.2) is 5.82 Å². The maximum Gasteiger partial charge on any atom is 0.160 e. The second-order valence-electron chi connectivity index (χ2n) is 4.52. The number of hydrogen-bond donors (Lipinski definition) is 0. The summed E-state index contributed by atoms with van der Waals surface area (Å²) in [6.07, 6.45) is 1.76. The Balaban J connectivity index is 2.07. The van der Waals surface area contributed by atoms with E-state index in [-0.39, 0.29) is 6.10 Å². The second-order valence-corrected chi connectivity index (χ2v) is 5.64. The molecule has 0 radical (unpaired) electrons. The molecule has 1 aliphatic rings. The molecule has 0 spiro atoms. The molecule has 1 saturated heterocycles. The van der Waals surface area contributed by atoms with Crippen molar-refractivity contribution in [2.24, 2.45) is 0 Å². The molecule has 1 atom stereocenters. The average molecular weight is 330 g/mol. The molecular weight excluding hydrogens is 319 g/mol. The fraction of sp³-hybridized carbons (Fsp3) is 0.286. The highest BCUT2D eigenvalue weighted by atomic mass is 35.5. The zero-order valence-electron chi connectivity index (χ0n) is 10.4. The largest absolute Gasteiger partial charge is 0.370 e. The summed E-state index contributed by atoms with van der Waals surface area (Å²) in [5.41, 5.74) is 1.28. The summed E-state index contributed by atoms with van der Waals surface area (Å²) in [5.74, 6) is 0.535. The first kappa shape index (κ1) is 14.1. The molecule has 3 rings (SSSR count). The van der Waals surface area contributed by atoms with Gasteiger partial charge >= 0.3 is 0 Å². The van der Waals surface area contributed by atoms with E-state index in [0.717, 1.165) is 25.0 Å². The van der Waals surface area contributed by atoms with Crippen LogP contribution in [0.4, 0.5) is 0 Å². The summed E-state index contributed by atoms with van der Waals surface area (Å²) in [6, 6.07) is 7.32. The zero-order chi connectivity index (χ0) is 14.1. The van der Waals surface area contributed by atoms with E-state index in [1.165, 1.54) is 0 Å². The minimum Gasteiger partial charge on any atom is -0.370 e. The van der Waals surface area contributed by atoms with Crippen LogP contribution in [0.15, 0.2) is 24.3 Å². The third-order valence-electron chi connectivity index (χ3n) is 3.20. The van der Waals surface area contributed by atoms with Crippen molar-refractivity contribution < 1.29 is 4.74 Å². The van der Waals surface area contributed by atoms with Gasteiger partial charge in [0.2, 0.25) is 0 Å². The Morgan fingerprint density at radius 1 is 1.05 bits per heavy atom. The Kier molecular flexibility index (Phi) is 4.13. The summed E-state index contributed by atoms with van der Waals surface area (Å²) in [6.45, 7) is 0.718. The Hall–Kier alpha value is -0.870. The molecule has 2 heterocycles. The van der Waals surface area contributed by atoms with Crippen LogP contribution in [-0.4, -0.2) is 16.6 Å². The van der Waals surface area contributed by atoms with Crippen molar-refractivity contribution in [3.63, 3.8) is 0 Å². The lowest BCUT2D eigenvalue weighted by molar-refractivity contribution is 0.105. The molecule has 1 aromatic heterocycles. The standard InChI is InChI=1S/C14H11Cl3N2O/c15-9-5-2-1-4-8(9)11-12(16)18-14(19-13(11)17)10-6-3-7-20-10/h1-2,4-5,10H,3,6-7H2. The minimum absolute atomic E-state index is 0.120. The van der Waals surface area contributed by atoms with Crippen LogP contribution in [0, 0.1) is 0 Å². The van der Waals surface area contributed by atoms with Crippen molar-refractivity contribution in [3.05, 3.63) is 45.4 Å². The fourth-order valence-electron chi connectivity index (χ4n) is 2.23. The van der Waals surface area contributed by atoms with Gasteiger partial charge in [0.25, 0.3) is 0 Å². The highest BCUT2D eigenvalue weighted by molar-refractivity contribution is 6.40. The number of halogens is 3. The SMILES string of the molecule is Clc1ccccc1-c1c(Cl)nc(C2CCCO2)nc1Cl. The molecule has 3 nitrogen and oxygen atoms in total. The van der Waals surface area contributed by atoms with Crippen molar-refractivity contribution in [2.45, 2.75) is 18.9 Å². The molecule has 0 aliphatic carbocycles. The highest BCUT2D eigenvalue weighted by Gasteiger charge is 2.24. The van der Waals surface area contributed by atoms with Crippen LogP contribution in [0.5, 0.6) is 0 Å². The lowest BCUT2D eigenvalue weighted by Gasteiger charge is -2.12. The Bertz CT molecular complexity index is 619. The van der Waals surface area contributed by atoms with Crippen molar-refractivity contribution in [1.29, 1.82) is 0 Å². The molecule has 2 aromatic rings. The van der Waals surface area contributed by atoms with Crippen LogP contribution in [0.25, 0.3) is 11.1 Å². The monoisotopic (exact) mass is 328 g/mol. The molecule has 104 valence electrons. The van der Waals surface area contributed by atoms with Gasteiger partial charge in [-0.25, -0.2) is 9.97 Å². The fourth-order valence-corrected chi connectivity index (χ4v) is 3.07. The molecule has 0 N–H and O–H groups in total. The molecule has 1 aromatic carbocycles. The van der Waals surface area contributed by atoms with E-state index in [9.17, 15) is 0 Å². The topological polar surface area (TPSA) is 35.0 Å². The number of rotatable bonds is 2. The van der Waals surface area contributed by atoms with Crippen LogP contribution < -0.4 is 0 Å². The number of aromatic nitrogens is 2. The molecule has 0 saturated carbocycles. The van der Waals surface area contributed by atoms with Crippen molar-refractivity contribution in [1.82, 2.24) is 9.97 Å². The van der Waals surface area contributed by atoms with Gasteiger partial charge in [-0.15, -0.1) is 0 Å². The first-order valence-corrected chi connectivity index (χ1v) is 7.39. The van der Waals surface area contributed by atoms with Gasteiger partial charge in [-0.3, -0.25) is 0 Å². The second kappa shape index (κ2) is 5.86. The van der Waals surface area contributed by atoms with Crippen molar-refractivity contribution >= 4 is 34.8 Å². The Morgan fingerprint density at radius 2 is 1.75 bits per heavy atom. The van der Waals surface area contributed by atoms with Crippen LogP contribution in [-0.2, 0) is 4.74 Å². The average Bonchev–Trinajstić information content (AvgIpc) is 2.94. The predicted octanol–water partition coefficient (Wildman–Crippen LogP) is 4.96. The highest BCUT2D eigenvalue weighted by Crippen LogP contribution is 2.38. The summed E-state index contributed by atoms with van der Waals surface area (Å²) in [4.78, 5) is 8.64. The zero-order valence-corrected chi connectivity index (χ0v) is 12.7. The summed E-state index contributed by atoms with van der Waals surface area (Å²) in [7, 11) is 0. The van der Waals surface area contributed by atoms with Gasteiger partial charge in [0.1, 0.15) is 16.4 Å². The summed E-state index contributed by atoms with van der Waals surface area (Å²) in [5, 5.41) is 1.15. The summed E-state index contributed by atoms with van der Waals surface area (Å²) >= 11 is 18.7. The van der Waals surface area contributed by atoms with Gasteiger partial charge in [-0.1, -0.05) is 53.0 Å². The Labute approximate surface area is 131 Å². The third kappa shape index (κ3) is 2.63. The van der Waals surface area contributed by atoms with Crippen LogP contribution in [0.1, 0.15) is 24.8 Å². The van der Waals surface area contributed by atoms with Gasteiger partial charge in [0.05, 0.1) is 5.56 Å². The van der Waals surface area contributed by atoms with Gasteiger partial charge < -0.3 is 4.74 Å². The first-order valence-electron chi connectivity index (χ1n) is 6.26. The normalized spacial score (nSPS) is 18.4. The quantitative estimate of drug-likeness (QED) is 0.731. The number of ether oxygens (including phenoxy) is 1. The molecular formula is C14H11Cl3N2O. The maximum atomic E-state index is 6.27. The lowest BCUT2D eigenvalue weighted by atomic mass is 10.1. The van der Waals surface area contributed by atoms with Gasteiger partial charge in [0, 0.05) is 17.2 Å². The molecule has 1 unspecified atom stereocenters. The van der Waals surface area contributed by atoms with Crippen molar-refractivity contribution in [3.8, 4) is 11.1 Å². The van der Waals surface area contributed by atoms with E-state index in [2.05, 4.69) is 9.97 Å². The number of benzene rings is 1. The van der Waals surface area contributed by atoms with Crippen LogP contribution >= 0.6 is 34.8 Å². The van der Waals surface area contributed by atoms with E-state index in [1.54, 1.807) is 6.07 Å². The maximum absolute atomic E-state index is 6.27. The predicted molar refractivity (Wildman–Crippen MR) is 80.4 cm³/mol. The lowest BCUT2D eigenvalue weighted by Crippen LogP contribution is -2.04. The Morgan fingerprint density at radius 3 is 2.35 bits per heavy atom. The molecule has 1 aliphatic heterocycles.